The van der Waals surface area contributed by atoms with Gasteiger partial charge in [0.2, 0.25) is 5.91 Å². The molecule has 29 heavy (non-hydrogen) atoms. The molecule has 2 aromatic carbocycles. The molecule has 2 aromatic rings. The van der Waals surface area contributed by atoms with Gasteiger partial charge in [0, 0.05) is 0 Å². The van der Waals surface area contributed by atoms with Crippen LogP contribution in [-0.2, 0) is 29.8 Å². The zero-order valence-corrected chi connectivity index (χ0v) is 18.2. The van der Waals surface area contributed by atoms with Gasteiger partial charge in [-0.15, -0.1) is 0 Å². The molecular formula is C19H18Cl2N2O5S. The van der Waals surface area contributed by atoms with Crippen molar-refractivity contribution in [3.05, 3.63) is 52.0 Å². The van der Waals surface area contributed by atoms with E-state index in [1.807, 2.05) is 0 Å². The van der Waals surface area contributed by atoms with E-state index >= 15 is 0 Å². The third kappa shape index (κ3) is 3.80. The number of amides is 1. The molecule has 10 heteroatoms. The van der Waals surface area contributed by atoms with E-state index in [1.165, 1.54) is 36.3 Å². The number of nitrogens with zero attached hydrogens (tertiary/aromatic N) is 1. The van der Waals surface area contributed by atoms with Gasteiger partial charge in [0.05, 0.1) is 33.9 Å². The number of methoxy groups -OCH3 is 1. The predicted octanol–water partition coefficient (Wildman–Crippen LogP) is 3.59. The fraction of sp³-hybridized carbons (Fsp3) is 0.263. The maximum atomic E-state index is 12.8. The average Bonchev–Trinajstić information content (AvgIpc) is 2.83. The number of fused-ring (bicyclic) bond motifs is 1. The van der Waals surface area contributed by atoms with E-state index in [9.17, 15) is 18.0 Å². The molecule has 0 fully saturated rings. The fourth-order valence-electron chi connectivity index (χ4n) is 3.16. The first-order valence-electron chi connectivity index (χ1n) is 8.49. The lowest BCUT2D eigenvalue weighted by Gasteiger charge is -2.19. The maximum Gasteiger partial charge on any atom is 0.325 e. The van der Waals surface area contributed by atoms with Gasteiger partial charge in [0.1, 0.15) is 11.4 Å². The van der Waals surface area contributed by atoms with Crippen LogP contribution in [0.4, 0.5) is 11.4 Å². The van der Waals surface area contributed by atoms with Crippen molar-refractivity contribution in [1.82, 2.24) is 0 Å². The molecule has 0 aliphatic carbocycles. The van der Waals surface area contributed by atoms with Gasteiger partial charge in [0.25, 0.3) is 10.0 Å². The van der Waals surface area contributed by atoms with Crippen LogP contribution in [0.1, 0.15) is 19.4 Å². The molecule has 0 aromatic heterocycles. The number of hydrogen-bond acceptors (Lipinski definition) is 5. The van der Waals surface area contributed by atoms with Gasteiger partial charge in [0.15, 0.2) is 0 Å². The number of sulfonamides is 1. The lowest BCUT2D eigenvalue weighted by atomic mass is 9.86. The number of carbonyl (C=O) groups excluding carboxylic acids is 2. The standard InChI is InChI=1S/C19H18Cl2N2O5S/c1-19(2)12-8-7-11(9-14(12)23(18(19)25)10-16(24)28-3)22-29(26,27)15-6-4-5-13(20)17(15)21/h4-9,22H,10H2,1-3H3. The molecule has 0 radical (unpaired) electrons. The maximum absolute atomic E-state index is 12.8. The van der Waals surface area contributed by atoms with Crippen LogP contribution in [0.5, 0.6) is 0 Å². The summed E-state index contributed by atoms with van der Waals surface area (Å²) in [6.07, 6.45) is 0. The molecule has 1 aliphatic rings. The Labute approximate surface area is 178 Å². The van der Waals surface area contributed by atoms with E-state index in [1.54, 1.807) is 26.0 Å². The normalized spacial score (nSPS) is 15.2. The van der Waals surface area contributed by atoms with Crippen molar-refractivity contribution in [3.8, 4) is 0 Å². The lowest BCUT2D eigenvalue weighted by Crippen LogP contribution is -2.39. The Morgan fingerprint density at radius 3 is 2.55 bits per heavy atom. The Hall–Kier alpha value is -2.29. The largest absolute Gasteiger partial charge is 0.468 e. The second kappa shape index (κ2) is 7.51. The average molecular weight is 457 g/mol. The summed E-state index contributed by atoms with van der Waals surface area (Å²) in [6, 6.07) is 9.00. The Kier molecular flexibility index (Phi) is 5.55. The number of hydrogen-bond donors (Lipinski definition) is 1. The second-order valence-electron chi connectivity index (χ2n) is 6.98. The summed E-state index contributed by atoms with van der Waals surface area (Å²) >= 11 is 12.0. The van der Waals surface area contributed by atoms with Crippen LogP contribution in [0.25, 0.3) is 0 Å². The van der Waals surface area contributed by atoms with E-state index in [0.717, 1.165) is 0 Å². The molecule has 3 rings (SSSR count). The molecule has 0 atom stereocenters. The summed E-state index contributed by atoms with van der Waals surface area (Å²) in [4.78, 5) is 25.6. The van der Waals surface area contributed by atoms with Gasteiger partial charge in [-0.2, -0.15) is 0 Å². The van der Waals surface area contributed by atoms with Gasteiger partial charge in [-0.3, -0.25) is 14.3 Å². The number of halogens is 2. The van der Waals surface area contributed by atoms with Gasteiger partial charge >= 0.3 is 5.97 Å². The Morgan fingerprint density at radius 1 is 1.21 bits per heavy atom. The summed E-state index contributed by atoms with van der Waals surface area (Å²) in [6.45, 7) is 3.20. The molecule has 1 N–H and O–H groups in total. The van der Waals surface area contributed by atoms with Crippen LogP contribution in [0.3, 0.4) is 0 Å². The summed E-state index contributed by atoms with van der Waals surface area (Å²) in [7, 11) is -2.80. The molecule has 1 aliphatic heterocycles. The summed E-state index contributed by atoms with van der Waals surface area (Å²) in [5, 5.41) is 0.0200. The molecule has 0 saturated carbocycles. The smallest absolute Gasteiger partial charge is 0.325 e. The highest BCUT2D eigenvalue weighted by molar-refractivity contribution is 7.92. The van der Waals surface area contributed by atoms with Crippen LogP contribution in [0, 0.1) is 0 Å². The van der Waals surface area contributed by atoms with Crippen molar-refractivity contribution >= 4 is 56.5 Å². The van der Waals surface area contributed by atoms with E-state index in [-0.39, 0.29) is 33.1 Å². The Balaban J connectivity index is 2.01. The number of ether oxygens (including phenoxy) is 1. The minimum Gasteiger partial charge on any atom is -0.468 e. The van der Waals surface area contributed by atoms with Crippen molar-refractivity contribution in [1.29, 1.82) is 0 Å². The minimum atomic E-state index is -4.03. The van der Waals surface area contributed by atoms with Crippen molar-refractivity contribution < 1.29 is 22.7 Å². The zero-order chi connectivity index (χ0) is 21.6. The monoisotopic (exact) mass is 456 g/mol. The van der Waals surface area contributed by atoms with E-state index in [2.05, 4.69) is 9.46 Å². The number of esters is 1. The third-order valence-corrected chi connectivity index (χ3v) is 7.07. The molecular weight excluding hydrogens is 439 g/mol. The predicted molar refractivity (Wildman–Crippen MR) is 111 cm³/mol. The first-order valence-corrected chi connectivity index (χ1v) is 10.7. The Morgan fingerprint density at radius 2 is 1.90 bits per heavy atom. The first kappa shape index (κ1) is 21.4. The Bertz CT molecular complexity index is 1120. The number of anilines is 2. The minimum absolute atomic E-state index is 0.0912. The number of benzene rings is 2. The zero-order valence-electron chi connectivity index (χ0n) is 15.8. The molecule has 0 spiro atoms. The molecule has 0 unspecified atom stereocenters. The van der Waals surface area contributed by atoms with Crippen LogP contribution in [0.2, 0.25) is 10.0 Å². The van der Waals surface area contributed by atoms with E-state index in [4.69, 9.17) is 23.2 Å². The summed E-state index contributed by atoms with van der Waals surface area (Å²) in [5.74, 6) is -0.866. The summed E-state index contributed by atoms with van der Waals surface area (Å²) in [5.41, 5.74) is 0.454. The third-order valence-electron chi connectivity index (χ3n) is 4.71. The number of rotatable bonds is 5. The van der Waals surface area contributed by atoms with Gasteiger partial charge < -0.3 is 9.64 Å². The molecule has 0 bridgehead atoms. The highest BCUT2D eigenvalue weighted by atomic mass is 35.5. The quantitative estimate of drug-likeness (QED) is 0.693. The number of carbonyl (C=O) groups is 2. The van der Waals surface area contributed by atoms with Crippen LogP contribution < -0.4 is 9.62 Å². The molecule has 1 amide bonds. The van der Waals surface area contributed by atoms with Crippen molar-refractivity contribution in [2.45, 2.75) is 24.2 Å². The van der Waals surface area contributed by atoms with Crippen LogP contribution >= 0.6 is 23.2 Å². The molecule has 1 heterocycles. The van der Waals surface area contributed by atoms with Crippen molar-refractivity contribution in [2.75, 3.05) is 23.3 Å². The van der Waals surface area contributed by atoms with Crippen LogP contribution in [-0.4, -0.2) is 33.9 Å². The molecule has 7 nitrogen and oxygen atoms in total. The van der Waals surface area contributed by atoms with E-state index < -0.39 is 21.4 Å². The second-order valence-corrected chi connectivity index (χ2v) is 9.42. The summed E-state index contributed by atoms with van der Waals surface area (Å²) < 4.78 is 32.6. The van der Waals surface area contributed by atoms with Crippen LogP contribution in [0.15, 0.2) is 41.3 Å². The van der Waals surface area contributed by atoms with E-state index in [0.29, 0.717) is 11.3 Å². The number of nitrogens with one attached hydrogen (secondary N) is 1. The molecule has 0 saturated heterocycles. The van der Waals surface area contributed by atoms with Gasteiger partial charge in [-0.25, -0.2) is 8.42 Å². The van der Waals surface area contributed by atoms with Gasteiger partial charge in [-0.1, -0.05) is 35.3 Å². The van der Waals surface area contributed by atoms with Gasteiger partial charge in [-0.05, 0) is 43.7 Å². The lowest BCUT2D eigenvalue weighted by molar-refractivity contribution is -0.140. The van der Waals surface area contributed by atoms with Crippen molar-refractivity contribution in [2.24, 2.45) is 0 Å². The van der Waals surface area contributed by atoms with Crippen molar-refractivity contribution in [3.63, 3.8) is 0 Å². The highest BCUT2D eigenvalue weighted by Gasteiger charge is 2.44. The SMILES string of the molecule is COC(=O)CN1C(=O)C(C)(C)c2ccc(NS(=O)(=O)c3cccc(Cl)c3Cl)cc21. The fourth-order valence-corrected chi connectivity index (χ4v) is 4.97. The highest BCUT2D eigenvalue weighted by Crippen LogP contribution is 2.43. The topological polar surface area (TPSA) is 92.8 Å². The molecule has 154 valence electrons. The first-order chi connectivity index (χ1) is 13.5.